The van der Waals surface area contributed by atoms with Crippen molar-refractivity contribution >= 4 is 11.7 Å². The second-order valence-corrected chi connectivity index (χ2v) is 3.84. The van der Waals surface area contributed by atoms with Crippen LogP contribution in [0.3, 0.4) is 0 Å². The first-order chi connectivity index (χ1) is 9.72. The van der Waals surface area contributed by atoms with Gasteiger partial charge in [0.2, 0.25) is 0 Å². The van der Waals surface area contributed by atoms with Crippen LogP contribution in [0.5, 0.6) is 0 Å². The molecular weight excluding hydrogens is 293 g/mol. The summed E-state index contributed by atoms with van der Waals surface area (Å²) in [6.07, 6.45) is -4.75. The summed E-state index contributed by atoms with van der Waals surface area (Å²) < 4.78 is 42.5. The van der Waals surface area contributed by atoms with Gasteiger partial charge in [-0.15, -0.1) is 0 Å². The maximum Gasteiger partial charge on any atom is 0.416 e. The first kappa shape index (κ1) is 16.4. The van der Waals surface area contributed by atoms with E-state index in [1.807, 2.05) is 0 Å². The molecule has 0 unspecified atom stereocenters. The molecule has 112 valence electrons. The summed E-state index contributed by atoms with van der Waals surface area (Å²) in [5, 5.41) is 19.8. The number of nitriles is 1. The average Bonchev–Trinajstić information content (AvgIpc) is 2.38. The first-order valence-electron chi connectivity index (χ1n) is 5.64. The van der Waals surface area contributed by atoms with Crippen molar-refractivity contribution in [2.75, 3.05) is 6.61 Å². The van der Waals surface area contributed by atoms with Gasteiger partial charge in [-0.3, -0.25) is 14.9 Å². The third-order valence-electron chi connectivity index (χ3n) is 2.51. The number of carbonyl (C=O) groups is 1. The minimum absolute atomic E-state index is 0.107. The highest BCUT2D eigenvalue weighted by Crippen LogP contribution is 2.35. The first-order valence-corrected chi connectivity index (χ1v) is 5.64. The Morgan fingerprint density at radius 2 is 2.14 bits per heavy atom. The molecule has 0 spiro atoms. The minimum Gasteiger partial charge on any atom is -0.465 e. The zero-order valence-corrected chi connectivity index (χ0v) is 10.7. The van der Waals surface area contributed by atoms with Crippen molar-refractivity contribution in [1.29, 1.82) is 5.26 Å². The molecule has 9 heteroatoms. The fourth-order valence-electron chi connectivity index (χ4n) is 1.60. The highest BCUT2D eigenvalue weighted by Gasteiger charge is 2.36. The second kappa shape index (κ2) is 6.21. The van der Waals surface area contributed by atoms with Gasteiger partial charge in [0, 0.05) is 6.07 Å². The van der Waals surface area contributed by atoms with Crippen LogP contribution in [0.4, 0.5) is 18.9 Å². The minimum atomic E-state index is -4.75. The summed E-state index contributed by atoms with van der Waals surface area (Å²) in [6.45, 7) is 1.33. The fourth-order valence-corrected chi connectivity index (χ4v) is 1.60. The number of benzene rings is 1. The molecule has 6 nitrogen and oxygen atoms in total. The number of halogens is 3. The van der Waals surface area contributed by atoms with E-state index < -0.39 is 39.8 Å². The number of carbonyl (C=O) groups excluding carboxylic acids is 1. The van der Waals surface area contributed by atoms with Crippen molar-refractivity contribution in [3.63, 3.8) is 0 Å². The Bertz CT molecular complexity index is 608. The van der Waals surface area contributed by atoms with Crippen molar-refractivity contribution in [3.8, 4) is 6.07 Å². The summed E-state index contributed by atoms with van der Waals surface area (Å²) >= 11 is 0. The van der Waals surface area contributed by atoms with E-state index in [-0.39, 0.29) is 6.61 Å². The Morgan fingerprint density at radius 3 is 2.57 bits per heavy atom. The van der Waals surface area contributed by atoms with Crippen molar-refractivity contribution in [3.05, 3.63) is 39.4 Å². The van der Waals surface area contributed by atoms with Crippen molar-refractivity contribution in [2.24, 2.45) is 0 Å². The van der Waals surface area contributed by atoms with E-state index in [2.05, 4.69) is 4.74 Å². The smallest absolute Gasteiger partial charge is 0.416 e. The van der Waals surface area contributed by atoms with Crippen molar-refractivity contribution in [2.45, 2.75) is 19.0 Å². The number of hydrogen-bond acceptors (Lipinski definition) is 5. The molecule has 0 N–H and O–H groups in total. The number of rotatable bonds is 4. The molecule has 0 amide bonds. The molecule has 21 heavy (non-hydrogen) atoms. The number of esters is 1. The second-order valence-electron chi connectivity index (χ2n) is 3.84. The number of hydrogen-bond donors (Lipinski definition) is 0. The summed E-state index contributed by atoms with van der Waals surface area (Å²) in [7, 11) is 0. The Kier molecular flexibility index (Phi) is 4.86. The zero-order valence-electron chi connectivity index (χ0n) is 10.7. The Hall–Kier alpha value is -2.63. The molecular formula is C12H9F3N2O4. The lowest BCUT2D eigenvalue weighted by Crippen LogP contribution is -2.17. The van der Waals surface area contributed by atoms with Crippen LogP contribution in [0.1, 0.15) is 24.0 Å². The normalized spacial score (nSPS) is 12.3. The predicted molar refractivity (Wildman–Crippen MR) is 63.1 cm³/mol. The van der Waals surface area contributed by atoms with Gasteiger partial charge in [-0.05, 0) is 19.1 Å². The van der Waals surface area contributed by atoms with Gasteiger partial charge in [-0.1, -0.05) is 0 Å². The molecule has 0 heterocycles. The third kappa shape index (κ3) is 3.68. The number of ether oxygens (including phenoxy) is 1. The van der Waals surface area contributed by atoms with Gasteiger partial charge in [0.15, 0.2) is 5.92 Å². The van der Waals surface area contributed by atoms with E-state index in [1.165, 1.54) is 13.0 Å². The van der Waals surface area contributed by atoms with Gasteiger partial charge in [0.25, 0.3) is 5.69 Å². The zero-order chi connectivity index (χ0) is 16.2. The standard InChI is InChI=1S/C12H9F3N2O4/c1-2-21-11(18)9(6-16)8-5-7(12(13,14)15)3-4-10(8)17(19)20/h3-5,9H,2H2,1H3/t9-/m0/s1. The van der Waals surface area contributed by atoms with Crippen LogP contribution in [-0.4, -0.2) is 17.5 Å². The van der Waals surface area contributed by atoms with Crippen LogP contribution in [0.15, 0.2) is 18.2 Å². The molecule has 0 aromatic heterocycles. The summed E-state index contributed by atoms with van der Waals surface area (Å²) in [6, 6.07) is 2.98. The molecule has 0 fully saturated rings. The van der Waals surface area contributed by atoms with Gasteiger partial charge in [0.05, 0.1) is 28.7 Å². The molecule has 0 bridgehead atoms. The highest BCUT2D eigenvalue weighted by molar-refractivity contribution is 5.83. The van der Waals surface area contributed by atoms with Crippen LogP contribution in [-0.2, 0) is 15.7 Å². The predicted octanol–water partition coefficient (Wildman–Crippen LogP) is 2.78. The molecule has 0 aliphatic carbocycles. The van der Waals surface area contributed by atoms with Crippen molar-refractivity contribution in [1.82, 2.24) is 0 Å². The molecule has 1 atom stereocenters. The lowest BCUT2D eigenvalue weighted by atomic mass is 9.96. The van der Waals surface area contributed by atoms with E-state index in [0.29, 0.717) is 18.2 Å². The van der Waals surface area contributed by atoms with Crippen LogP contribution in [0, 0.1) is 21.4 Å². The van der Waals surface area contributed by atoms with Gasteiger partial charge >= 0.3 is 12.1 Å². The summed E-state index contributed by atoms with van der Waals surface area (Å²) in [4.78, 5) is 21.4. The quantitative estimate of drug-likeness (QED) is 0.484. The maximum atomic E-state index is 12.6. The number of alkyl halides is 3. The monoisotopic (exact) mass is 302 g/mol. The summed E-state index contributed by atoms with van der Waals surface area (Å²) in [5.41, 5.74) is -2.58. The fraction of sp³-hybridized carbons (Fsp3) is 0.333. The lowest BCUT2D eigenvalue weighted by Gasteiger charge is -2.12. The molecule has 0 saturated heterocycles. The Morgan fingerprint density at radius 1 is 1.52 bits per heavy atom. The molecule has 0 aliphatic heterocycles. The molecule has 1 rings (SSSR count). The van der Waals surface area contributed by atoms with Crippen LogP contribution in [0.25, 0.3) is 0 Å². The van der Waals surface area contributed by atoms with E-state index in [1.54, 1.807) is 0 Å². The Balaban J connectivity index is 3.45. The molecule has 1 aromatic rings. The van der Waals surface area contributed by atoms with E-state index in [4.69, 9.17) is 5.26 Å². The third-order valence-corrected chi connectivity index (χ3v) is 2.51. The highest BCUT2D eigenvalue weighted by atomic mass is 19.4. The maximum absolute atomic E-state index is 12.6. The SMILES string of the molecule is CCOC(=O)[C@@H](C#N)c1cc(C(F)(F)F)ccc1[N+](=O)[O-]. The number of nitro groups is 1. The number of nitrogens with zero attached hydrogens (tertiary/aromatic N) is 2. The van der Waals surface area contributed by atoms with E-state index >= 15 is 0 Å². The van der Waals surface area contributed by atoms with Crippen LogP contribution >= 0.6 is 0 Å². The average molecular weight is 302 g/mol. The summed E-state index contributed by atoms with van der Waals surface area (Å²) in [5.74, 6) is -2.94. The van der Waals surface area contributed by atoms with Gasteiger partial charge < -0.3 is 4.74 Å². The van der Waals surface area contributed by atoms with Crippen LogP contribution in [0.2, 0.25) is 0 Å². The van der Waals surface area contributed by atoms with E-state index in [0.717, 1.165) is 0 Å². The molecule has 0 saturated carbocycles. The molecule has 0 radical (unpaired) electrons. The lowest BCUT2D eigenvalue weighted by molar-refractivity contribution is -0.385. The van der Waals surface area contributed by atoms with Gasteiger partial charge in [-0.25, -0.2) is 0 Å². The topological polar surface area (TPSA) is 93.2 Å². The van der Waals surface area contributed by atoms with Gasteiger partial charge in [-0.2, -0.15) is 18.4 Å². The number of nitro benzene ring substituents is 1. The molecule has 1 aromatic carbocycles. The largest absolute Gasteiger partial charge is 0.465 e. The van der Waals surface area contributed by atoms with E-state index in [9.17, 15) is 28.1 Å². The van der Waals surface area contributed by atoms with Crippen molar-refractivity contribution < 1.29 is 27.6 Å². The molecule has 0 aliphatic rings. The van der Waals surface area contributed by atoms with Gasteiger partial charge in [0.1, 0.15) is 0 Å². The Labute approximate surface area is 116 Å². The van der Waals surface area contributed by atoms with Crippen LogP contribution < -0.4 is 0 Å².